The maximum absolute atomic E-state index is 15.1. The van der Waals surface area contributed by atoms with Gasteiger partial charge in [0.15, 0.2) is 16.1 Å². The molecular formula is C23H29ClFN5O5S. The lowest BCUT2D eigenvalue weighted by atomic mass is 9.97. The topological polar surface area (TPSA) is 99.1 Å². The molecule has 2 aromatic heterocycles. The Morgan fingerprint density at radius 3 is 2.75 bits per heavy atom. The third-order valence-corrected chi connectivity index (χ3v) is 7.36. The number of hydrogen-bond donors (Lipinski definition) is 0. The molecular weight excluding hydrogens is 513 g/mol. The van der Waals surface area contributed by atoms with Gasteiger partial charge in [-0.2, -0.15) is 4.98 Å². The van der Waals surface area contributed by atoms with Gasteiger partial charge in [-0.05, 0) is 39.9 Å². The number of nitrogens with zero attached hydrogens (tertiary/aromatic N) is 5. The van der Waals surface area contributed by atoms with E-state index < -0.39 is 17.5 Å². The number of pyridine rings is 1. The average molecular weight is 542 g/mol. The minimum atomic E-state index is -0.723. The van der Waals surface area contributed by atoms with Crippen molar-refractivity contribution in [3.8, 4) is 5.88 Å². The zero-order valence-corrected chi connectivity index (χ0v) is 22.4. The van der Waals surface area contributed by atoms with Gasteiger partial charge in [0.25, 0.3) is 0 Å². The number of carbonyl (C=O) groups excluding carboxylic acids is 1. The highest BCUT2D eigenvalue weighted by atomic mass is 35.5. The fourth-order valence-corrected chi connectivity index (χ4v) is 5.84. The maximum atomic E-state index is 15.1. The molecule has 0 aliphatic carbocycles. The summed E-state index contributed by atoms with van der Waals surface area (Å²) in [4.78, 5) is 30.6. The molecule has 3 aliphatic heterocycles. The quantitative estimate of drug-likeness (QED) is 0.182. The maximum Gasteiger partial charge on any atom is 0.410 e. The van der Waals surface area contributed by atoms with Gasteiger partial charge in [0.2, 0.25) is 5.88 Å². The first-order chi connectivity index (χ1) is 17.1. The highest BCUT2D eigenvalue weighted by Crippen LogP contribution is 2.46. The molecule has 0 N–H and O–H groups in total. The molecule has 0 saturated carbocycles. The SMILES string of the molecule is COCOCC1Oc2nc(Cl)c(F)c3nc(SC)nc(c23)N2CC3CCC(C12)N3C(=O)OC(C)(C)C. The lowest BCUT2D eigenvalue weighted by molar-refractivity contribution is -0.0684. The van der Waals surface area contributed by atoms with E-state index in [9.17, 15) is 4.79 Å². The summed E-state index contributed by atoms with van der Waals surface area (Å²) in [5.74, 6) is -0.0690. The number of fused-ring (bicyclic) bond motifs is 5. The van der Waals surface area contributed by atoms with Gasteiger partial charge in [-0.1, -0.05) is 23.4 Å². The van der Waals surface area contributed by atoms with Gasteiger partial charge in [-0.25, -0.2) is 19.2 Å². The molecule has 4 unspecified atom stereocenters. The van der Waals surface area contributed by atoms with Gasteiger partial charge in [0, 0.05) is 13.7 Å². The van der Waals surface area contributed by atoms with Crippen LogP contribution in [0.1, 0.15) is 33.6 Å². The van der Waals surface area contributed by atoms with Crippen molar-refractivity contribution in [2.75, 3.05) is 38.2 Å². The van der Waals surface area contributed by atoms with Gasteiger partial charge in [0.05, 0.1) is 24.7 Å². The van der Waals surface area contributed by atoms with E-state index in [1.165, 1.54) is 18.9 Å². The molecule has 2 fully saturated rings. The van der Waals surface area contributed by atoms with Crippen LogP contribution in [0.25, 0.3) is 10.9 Å². The Kier molecular flexibility index (Phi) is 6.81. The molecule has 5 rings (SSSR count). The number of rotatable bonds is 5. The van der Waals surface area contributed by atoms with Gasteiger partial charge in [-0.15, -0.1) is 0 Å². The molecule has 3 aliphatic rings. The number of halogens is 2. The van der Waals surface area contributed by atoms with Crippen LogP contribution in [-0.2, 0) is 14.2 Å². The average Bonchev–Trinajstić information content (AvgIpc) is 3.06. The zero-order valence-electron chi connectivity index (χ0n) is 20.8. The van der Waals surface area contributed by atoms with E-state index in [1.807, 2.05) is 31.9 Å². The second kappa shape index (κ2) is 9.62. The second-order valence-corrected chi connectivity index (χ2v) is 11.2. The monoisotopic (exact) mass is 541 g/mol. The van der Waals surface area contributed by atoms with Crippen LogP contribution >= 0.6 is 23.4 Å². The lowest BCUT2D eigenvalue weighted by Crippen LogP contribution is -2.66. The predicted molar refractivity (Wildman–Crippen MR) is 132 cm³/mol. The normalized spacial score (nSPS) is 25.0. The largest absolute Gasteiger partial charge is 0.469 e. The fourth-order valence-electron chi connectivity index (χ4n) is 5.31. The Hall–Kier alpha value is -2.15. The number of aromatic nitrogens is 3. The number of ether oxygens (including phenoxy) is 4. The highest BCUT2D eigenvalue weighted by molar-refractivity contribution is 7.98. The van der Waals surface area contributed by atoms with Crippen molar-refractivity contribution in [2.24, 2.45) is 0 Å². The Morgan fingerprint density at radius 1 is 1.28 bits per heavy atom. The van der Waals surface area contributed by atoms with E-state index in [4.69, 9.17) is 35.5 Å². The van der Waals surface area contributed by atoms with Crippen LogP contribution in [0.5, 0.6) is 5.88 Å². The molecule has 10 nitrogen and oxygen atoms in total. The van der Waals surface area contributed by atoms with Gasteiger partial charge in [-0.3, -0.25) is 4.90 Å². The number of anilines is 1. The van der Waals surface area contributed by atoms with Gasteiger partial charge >= 0.3 is 6.09 Å². The number of thioether (sulfide) groups is 1. The molecule has 0 aromatic carbocycles. The summed E-state index contributed by atoms with van der Waals surface area (Å²) in [6.07, 6.45) is 2.42. The number of hydrogen-bond acceptors (Lipinski definition) is 10. The summed E-state index contributed by atoms with van der Waals surface area (Å²) < 4.78 is 38.1. The first-order valence-electron chi connectivity index (χ1n) is 11.7. The standard InChI is InChI=1S/C23H29ClFN5O5S/c1-23(2,3)35-22(31)30-11-6-7-12(30)17-13(9-33-10-32-4)34-20-14-16(15(25)18(24)27-20)26-21(36-5)28-19(14)29(17)8-11/h11-13,17H,6-10H2,1-5H3. The van der Waals surface area contributed by atoms with E-state index in [0.29, 0.717) is 22.9 Å². The summed E-state index contributed by atoms with van der Waals surface area (Å²) in [6.45, 7) is 6.22. The van der Waals surface area contributed by atoms with E-state index in [-0.39, 0.29) is 54.2 Å². The first-order valence-corrected chi connectivity index (χ1v) is 13.3. The molecule has 2 aromatic rings. The Bertz CT molecular complexity index is 1180. The second-order valence-electron chi connectivity index (χ2n) is 10.0. The Labute approximate surface area is 217 Å². The number of amides is 1. The molecule has 196 valence electrons. The molecule has 2 bridgehead atoms. The van der Waals surface area contributed by atoms with Crippen molar-refractivity contribution in [2.45, 2.75) is 68.6 Å². The number of carbonyl (C=O) groups is 1. The van der Waals surface area contributed by atoms with Crippen LogP contribution in [-0.4, -0.2) is 89.1 Å². The molecule has 5 heterocycles. The van der Waals surface area contributed by atoms with Crippen molar-refractivity contribution in [3.05, 3.63) is 11.0 Å². The van der Waals surface area contributed by atoms with E-state index in [2.05, 4.69) is 14.9 Å². The summed E-state index contributed by atoms with van der Waals surface area (Å²) in [5.41, 5.74) is -0.576. The van der Waals surface area contributed by atoms with Crippen LogP contribution < -0.4 is 9.64 Å². The zero-order chi connectivity index (χ0) is 25.8. The van der Waals surface area contributed by atoms with E-state index >= 15 is 4.39 Å². The van der Waals surface area contributed by atoms with E-state index in [0.717, 1.165) is 12.8 Å². The molecule has 4 atom stereocenters. The van der Waals surface area contributed by atoms with Crippen LogP contribution in [0.2, 0.25) is 5.15 Å². The fraction of sp³-hybridized carbons (Fsp3) is 0.652. The minimum Gasteiger partial charge on any atom is -0.469 e. The molecule has 13 heteroatoms. The first kappa shape index (κ1) is 25.5. The minimum absolute atomic E-state index is 0.0541. The summed E-state index contributed by atoms with van der Waals surface area (Å²) in [5, 5.41) is 0.431. The van der Waals surface area contributed by atoms with Gasteiger partial charge < -0.3 is 23.8 Å². The Balaban J connectivity index is 1.64. The van der Waals surface area contributed by atoms with Crippen molar-refractivity contribution in [1.82, 2.24) is 19.9 Å². The molecule has 0 spiro atoms. The van der Waals surface area contributed by atoms with Crippen molar-refractivity contribution in [3.63, 3.8) is 0 Å². The molecule has 1 amide bonds. The van der Waals surface area contributed by atoms with Gasteiger partial charge in [0.1, 0.15) is 35.2 Å². The van der Waals surface area contributed by atoms with Crippen LogP contribution in [0.4, 0.5) is 15.0 Å². The smallest absolute Gasteiger partial charge is 0.410 e. The molecule has 0 radical (unpaired) electrons. The summed E-state index contributed by atoms with van der Waals surface area (Å²) in [6, 6.07) is -0.708. The van der Waals surface area contributed by atoms with Crippen molar-refractivity contribution in [1.29, 1.82) is 0 Å². The van der Waals surface area contributed by atoms with Crippen molar-refractivity contribution >= 4 is 46.2 Å². The molecule has 36 heavy (non-hydrogen) atoms. The van der Waals surface area contributed by atoms with Crippen LogP contribution in [0, 0.1) is 5.82 Å². The Morgan fingerprint density at radius 2 is 2.06 bits per heavy atom. The predicted octanol–water partition coefficient (Wildman–Crippen LogP) is 3.88. The summed E-state index contributed by atoms with van der Waals surface area (Å²) in [7, 11) is 1.53. The summed E-state index contributed by atoms with van der Waals surface area (Å²) >= 11 is 7.45. The van der Waals surface area contributed by atoms with Crippen molar-refractivity contribution < 1.29 is 28.1 Å². The van der Waals surface area contributed by atoms with E-state index in [1.54, 1.807) is 0 Å². The van der Waals surface area contributed by atoms with Crippen LogP contribution in [0.3, 0.4) is 0 Å². The number of piperazine rings is 1. The lowest BCUT2D eigenvalue weighted by Gasteiger charge is -2.48. The third-order valence-electron chi connectivity index (χ3n) is 6.57. The highest BCUT2D eigenvalue weighted by Gasteiger charge is 2.54. The molecule has 2 saturated heterocycles. The van der Waals surface area contributed by atoms with Crippen LogP contribution in [0.15, 0.2) is 5.16 Å². The number of methoxy groups -OCH3 is 1. The third kappa shape index (κ3) is 4.42.